The number of carbonyl (C=O) groups excluding carboxylic acids is 2. The van der Waals surface area contributed by atoms with Crippen LogP contribution in [0.3, 0.4) is 0 Å². The number of hydrogen-bond donors (Lipinski definition) is 1. The number of halogens is 1. The molecular weight excluding hydrogens is 463 g/mol. The van der Waals surface area contributed by atoms with Crippen LogP contribution in [-0.4, -0.2) is 35.8 Å². The number of nitrogens with zero attached hydrogens (tertiary/aromatic N) is 1. The number of piperidine rings is 1. The van der Waals surface area contributed by atoms with E-state index in [9.17, 15) is 14.0 Å². The second-order valence-corrected chi connectivity index (χ2v) is 10.1. The molecule has 1 aliphatic carbocycles. The molecule has 1 saturated heterocycles. The molecule has 0 spiro atoms. The monoisotopic (exact) mass is 503 g/mol. The van der Waals surface area contributed by atoms with Gasteiger partial charge in [-0.25, -0.2) is 4.39 Å². The van der Waals surface area contributed by atoms with Gasteiger partial charge in [0.1, 0.15) is 11.9 Å². The molecule has 3 atom stereocenters. The van der Waals surface area contributed by atoms with Crippen LogP contribution in [0.15, 0.2) is 78.7 Å². The van der Waals surface area contributed by atoms with Gasteiger partial charge in [-0.15, -0.1) is 0 Å². The van der Waals surface area contributed by atoms with Crippen molar-refractivity contribution in [3.05, 3.63) is 95.7 Å². The summed E-state index contributed by atoms with van der Waals surface area (Å²) in [4.78, 5) is 28.6. The van der Waals surface area contributed by atoms with Crippen molar-refractivity contribution in [1.82, 2.24) is 10.2 Å². The van der Waals surface area contributed by atoms with Crippen molar-refractivity contribution >= 4 is 11.8 Å². The lowest BCUT2D eigenvalue weighted by Gasteiger charge is -2.31. The number of rotatable bonds is 9. The fraction of sp³-hybridized carbons (Fsp3) is 0.375. The number of amides is 2. The van der Waals surface area contributed by atoms with E-state index < -0.39 is 30.1 Å². The number of likely N-dealkylation sites (tertiary alicyclic amines) is 1. The molecule has 1 N–H and O–H groups in total. The maximum absolute atomic E-state index is 13.5. The van der Waals surface area contributed by atoms with Crippen LogP contribution in [0.1, 0.15) is 73.6 Å². The number of nitrogens with one attached hydrogen (secondary N) is 1. The maximum Gasteiger partial charge on any atom is 0.251 e. The average Bonchev–Trinajstić information content (AvgIpc) is 3.79. The smallest absolute Gasteiger partial charge is 0.251 e. The van der Waals surface area contributed by atoms with Crippen molar-refractivity contribution in [2.24, 2.45) is 5.92 Å². The van der Waals surface area contributed by atoms with E-state index >= 15 is 0 Å². The van der Waals surface area contributed by atoms with Crippen molar-refractivity contribution < 1.29 is 20.8 Å². The van der Waals surface area contributed by atoms with Gasteiger partial charge in [0.25, 0.3) is 5.91 Å². The van der Waals surface area contributed by atoms with E-state index in [4.69, 9.17) is 6.85 Å². The second-order valence-electron chi connectivity index (χ2n) is 10.1. The lowest BCUT2D eigenvalue weighted by molar-refractivity contribution is -0.134. The van der Waals surface area contributed by atoms with Gasteiger partial charge >= 0.3 is 0 Å². The van der Waals surface area contributed by atoms with E-state index in [0.29, 0.717) is 42.5 Å². The minimum absolute atomic E-state index is 0.0651. The lowest BCUT2D eigenvalue weighted by Crippen LogP contribution is -2.50. The summed E-state index contributed by atoms with van der Waals surface area (Å²) in [6, 6.07) is 10.3. The highest BCUT2D eigenvalue weighted by Gasteiger charge is 2.38. The Kier molecular flexibility index (Phi) is 6.21. The van der Waals surface area contributed by atoms with Gasteiger partial charge in [-0.2, -0.15) is 0 Å². The summed E-state index contributed by atoms with van der Waals surface area (Å²) in [5.41, 5.74) is 1.94. The van der Waals surface area contributed by atoms with Crippen molar-refractivity contribution in [2.75, 3.05) is 13.1 Å². The van der Waals surface area contributed by atoms with Crippen LogP contribution in [0.25, 0.3) is 11.1 Å². The zero-order chi connectivity index (χ0) is 30.0. The van der Waals surface area contributed by atoms with Crippen LogP contribution in [0, 0.1) is 11.7 Å². The minimum Gasteiger partial charge on any atom is -0.341 e. The summed E-state index contributed by atoms with van der Waals surface area (Å²) in [5, 5.41) is 2.95. The molecule has 37 heavy (non-hydrogen) atoms. The van der Waals surface area contributed by atoms with Crippen LogP contribution in [0.5, 0.6) is 0 Å². The average molecular weight is 504 g/mol. The van der Waals surface area contributed by atoms with Gasteiger partial charge in [-0.05, 0) is 91.3 Å². The Morgan fingerprint density at radius 1 is 0.946 bits per heavy atom. The van der Waals surface area contributed by atoms with Gasteiger partial charge in [-0.1, -0.05) is 60.9 Å². The van der Waals surface area contributed by atoms with Gasteiger partial charge < -0.3 is 10.2 Å². The molecule has 2 fully saturated rings. The van der Waals surface area contributed by atoms with E-state index in [2.05, 4.69) is 5.32 Å². The normalized spacial score (nSPS) is 21.6. The minimum atomic E-state index is -0.653. The SMILES string of the molecule is [2H]c1c([2H])c([2H])c(-c2ccc(C(=O)N[C@@H](CCCC3CC3c3ccc(F)cc3)C(=O)N3CCCCC3)cc2)c([2H])c1[2H]. The van der Waals surface area contributed by atoms with Crippen LogP contribution in [0.2, 0.25) is 0 Å². The first-order valence-electron chi connectivity index (χ1n) is 15.7. The Bertz CT molecular complexity index is 1430. The Morgan fingerprint density at radius 2 is 1.65 bits per heavy atom. The fourth-order valence-corrected chi connectivity index (χ4v) is 5.29. The summed E-state index contributed by atoms with van der Waals surface area (Å²) in [5.74, 6) is 0.205. The Labute approximate surface area is 225 Å². The Hall–Kier alpha value is -3.47. The van der Waals surface area contributed by atoms with Gasteiger partial charge in [0.05, 0.1) is 6.85 Å². The zero-order valence-electron chi connectivity index (χ0n) is 25.9. The van der Waals surface area contributed by atoms with Crippen molar-refractivity contribution in [2.45, 2.75) is 56.9 Å². The topological polar surface area (TPSA) is 49.4 Å². The van der Waals surface area contributed by atoms with Crippen LogP contribution in [0.4, 0.5) is 4.39 Å². The molecule has 5 heteroatoms. The molecule has 1 heterocycles. The van der Waals surface area contributed by atoms with Crippen molar-refractivity contribution in [3.8, 4) is 11.1 Å². The first kappa shape index (κ1) is 19.6. The third-order valence-electron chi connectivity index (χ3n) is 7.50. The highest BCUT2D eigenvalue weighted by atomic mass is 19.1. The first-order valence-corrected chi connectivity index (χ1v) is 13.2. The van der Waals surface area contributed by atoms with Gasteiger partial charge in [-0.3, -0.25) is 9.59 Å². The highest BCUT2D eigenvalue weighted by Crippen LogP contribution is 2.50. The number of benzene rings is 3. The Balaban J connectivity index is 1.26. The zero-order valence-corrected chi connectivity index (χ0v) is 20.9. The Morgan fingerprint density at radius 3 is 2.35 bits per heavy atom. The molecule has 2 unspecified atom stereocenters. The predicted molar refractivity (Wildman–Crippen MR) is 145 cm³/mol. The molecule has 2 aliphatic rings. The molecular formula is C32H35FN2O2. The summed E-state index contributed by atoms with van der Waals surface area (Å²) in [6.07, 6.45) is 6.26. The molecule has 5 rings (SSSR count). The molecule has 4 nitrogen and oxygen atoms in total. The third-order valence-corrected chi connectivity index (χ3v) is 7.50. The molecule has 2 amide bonds. The van der Waals surface area contributed by atoms with E-state index in [1.165, 1.54) is 12.1 Å². The van der Waals surface area contributed by atoms with Crippen LogP contribution >= 0.6 is 0 Å². The third kappa shape index (κ3) is 6.46. The van der Waals surface area contributed by atoms with Gasteiger partial charge in [0.15, 0.2) is 0 Å². The quantitative estimate of drug-likeness (QED) is 0.359. The van der Waals surface area contributed by atoms with E-state index in [-0.39, 0.29) is 29.4 Å². The van der Waals surface area contributed by atoms with Crippen molar-refractivity contribution in [3.63, 3.8) is 0 Å². The first-order chi connectivity index (χ1) is 20.2. The lowest BCUT2D eigenvalue weighted by atomic mass is 10.0. The summed E-state index contributed by atoms with van der Waals surface area (Å²) < 4.78 is 53.3. The largest absolute Gasteiger partial charge is 0.341 e. The van der Waals surface area contributed by atoms with Crippen LogP contribution in [-0.2, 0) is 4.79 Å². The van der Waals surface area contributed by atoms with E-state index in [1.807, 2.05) is 17.0 Å². The summed E-state index contributed by atoms with van der Waals surface area (Å²) in [7, 11) is 0. The standard InChI is InChI=1S/C32H35FN2O2/c33-28-18-16-25(17-19-28)29-22-27(29)10-7-11-30(32(37)35-20-5-2-6-21-35)34-31(36)26-14-12-24(13-15-26)23-8-3-1-4-9-23/h1,3-4,8-9,12-19,27,29-30H,2,5-7,10-11,20-22H2,(H,34,36)/t27?,29?,30-/m0/s1/i1D,3D,4D,8D,9D. The highest BCUT2D eigenvalue weighted by molar-refractivity contribution is 5.98. The van der Waals surface area contributed by atoms with E-state index in [1.54, 1.807) is 24.3 Å². The molecule has 1 saturated carbocycles. The number of carbonyl (C=O) groups is 2. The van der Waals surface area contributed by atoms with Gasteiger partial charge in [0, 0.05) is 18.7 Å². The summed E-state index contributed by atoms with van der Waals surface area (Å²) >= 11 is 0. The van der Waals surface area contributed by atoms with Gasteiger partial charge in [0.2, 0.25) is 5.91 Å². The molecule has 1 aliphatic heterocycles. The predicted octanol–water partition coefficient (Wildman–Crippen LogP) is 6.58. The molecule has 3 aromatic rings. The second kappa shape index (κ2) is 11.7. The van der Waals surface area contributed by atoms with Crippen LogP contribution < -0.4 is 5.32 Å². The fourth-order valence-electron chi connectivity index (χ4n) is 5.29. The molecule has 0 bridgehead atoms. The maximum atomic E-state index is 13.5. The molecule has 3 aromatic carbocycles. The molecule has 192 valence electrons. The van der Waals surface area contributed by atoms with Crippen molar-refractivity contribution in [1.29, 1.82) is 0 Å². The number of hydrogen-bond acceptors (Lipinski definition) is 2. The summed E-state index contributed by atoms with van der Waals surface area (Å²) in [6.45, 7) is 1.38. The molecule has 0 radical (unpaired) electrons. The molecule has 0 aromatic heterocycles. The van der Waals surface area contributed by atoms with E-state index in [0.717, 1.165) is 44.1 Å².